The molecule has 0 radical (unpaired) electrons. The van der Waals surface area contributed by atoms with Gasteiger partial charge in [0.1, 0.15) is 5.82 Å². The Morgan fingerprint density at radius 1 is 0.600 bits per heavy atom. The lowest BCUT2D eigenvalue weighted by atomic mass is 9.64. The minimum atomic E-state index is -0.549. The van der Waals surface area contributed by atoms with E-state index in [9.17, 15) is 0 Å². The maximum Gasteiger partial charge on any atom is 0.145 e. The molecule has 3 aliphatic carbocycles. The molecule has 0 N–H and O–H groups in total. The molecule has 1 atom stereocenters. The van der Waals surface area contributed by atoms with E-state index in [0.29, 0.717) is 0 Å². The Labute approximate surface area is 291 Å². The van der Waals surface area contributed by atoms with Crippen LogP contribution in [0.1, 0.15) is 45.4 Å². The van der Waals surface area contributed by atoms with Gasteiger partial charge in [-0.1, -0.05) is 133 Å². The highest BCUT2D eigenvalue weighted by Crippen LogP contribution is 2.59. The summed E-state index contributed by atoms with van der Waals surface area (Å²) in [5.41, 5.74) is 17.2. The highest BCUT2D eigenvalue weighted by Gasteiger charge is 2.47. The standard InChI is InChI=1S/C48H32N2/c1-3-16-35(17-4-1)48(42-29-33-15-11-13-31-25-26-32-14-12-21-39(42)46(32)45(31)33)40-22-8-7-20-37(40)38-28-27-34(30-41(38)48)47-49-43-23-9-10-24-44(43)50(47)36-18-5-2-6-19-36/h1-12,14-25,27-30H,13,26H2. The third-order valence-corrected chi connectivity index (χ3v) is 11.3. The fourth-order valence-electron chi connectivity index (χ4n) is 9.28. The molecule has 0 saturated carbocycles. The van der Waals surface area contributed by atoms with Crippen molar-refractivity contribution in [3.63, 3.8) is 0 Å². The predicted octanol–water partition coefficient (Wildman–Crippen LogP) is 11.6. The van der Waals surface area contributed by atoms with Gasteiger partial charge in [-0.15, -0.1) is 0 Å². The minimum Gasteiger partial charge on any atom is -0.292 e. The molecule has 50 heavy (non-hydrogen) atoms. The first-order valence-corrected chi connectivity index (χ1v) is 17.6. The second-order valence-corrected chi connectivity index (χ2v) is 13.8. The van der Waals surface area contributed by atoms with Crippen LogP contribution in [0.5, 0.6) is 0 Å². The molecule has 1 heterocycles. The third-order valence-electron chi connectivity index (χ3n) is 11.3. The number of rotatable bonds is 4. The van der Waals surface area contributed by atoms with E-state index < -0.39 is 5.41 Å². The molecule has 0 fully saturated rings. The van der Waals surface area contributed by atoms with Crippen LogP contribution in [0.2, 0.25) is 0 Å². The Morgan fingerprint density at radius 3 is 2.28 bits per heavy atom. The maximum absolute atomic E-state index is 5.31. The number of allylic oxidation sites excluding steroid dienone is 3. The van der Waals surface area contributed by atoms with Gasteiger partial charge in [-0.3, -0.25) is 4.57 Å². The van der Waals surface area contributed by atoms with Crippen molar-refractivity contribution in [3.05, 3.63) is 203 Å². The fourth-order valence-corrected chi connectivity index (χ4v) is 9.28. The van der Waals surface area contributed by atoms with E-state index in [1.54, 1.807) is 0 Å². The maximum atomic E-state index is 5.31. The van der Waals surface area contributed by atoms with Gasteiger partial charge in [-0.25, -0.2) is 4.98 Å². The number of para-hydroxylation sites is 3. The summed E-state index contributed by atoms with van der Waals surface area (Å²) >= 11 is 0. The van der Waals surface area contributed by atoms with Crippen LogP contribution in [-0.4, -0.2) is 9.55 Å². The van der Waals surface area contributed by atoms with Gasteiger partial charge in [-0.2, -0.15) is 0 Å². The molecular formula is C48H32N2. The van der Waals surface area contributed by atoms with Gasteiger partial charge in [-0.05, 0) is 116 Å². The van der Waals surface area contributed by atoms with Crippen molar-refractivity contribution >= 4 is 33.5 Å². The van der Waals surface area contributed by atoms with Crippen LogP contribution in [0.4, 0.5) is 0 Å². The van der Waals surface area contributed by atoms with Gasteiger partial charge in [0.15, 0.2) is 0 Å². The van der Waals surface area contributed by atoms with Gasteiger partial charge in [0.05, 0.1) is 16.4 Å². The van der Waals surface area contributed by atoms with Crippen LogP contribution in [0.3, 0.4) is 0 Å². The van der Waals surface area contributed by atoms with Crippen molar-refractivity contribution in [2.75, 3.05) is 0 Å². The smallest absolute Gasteiger partial charge is 0.145 e. The molecule has 11 rings (SSSR count). The summed E-state index contributed by atoms with van der Waals surface area (Å²) in [5, 5.41) is 2.76. The van der Waals surface area contributed by atoms with E-state index >= 15 is 0 Å². The quantitative estimate of drug-likeness (QED) is 0.188. The molecule has 0 bridgehead atoms. The first kappa shape index (κ1) is 27.7. The molecule has 3 aliphatic rings. The minimum absolute atomic E-state index is 0.549. The SMILES string of the molecule is C1=Cc2cc(C3(c4ccccc4)c4ccccc4-c4ccc(-c5nc6ccccc6n5-c5ccccc5)cc43)c3cccc4c3c2C(=CC4)C1. The largest absolute Gasteiger partial charge is 0.292 e. The molecular weight excluding hydrogens is 605 g/mol. The van der Waals surface area contributed by atoms with E-state index in [2.05, 4.69) is 174 Å². The highest BCUT2D eigenvalue weighted by molar-refractivity contribution is 6.06. The van der Waals surface area contributed by atoms with Crippen molar-refractivity contribution in [1.29, 1.82) is 0 Å². The molecule has 2 heteroatoms. The van der Waals surface area contributed by atoms with Crippen LogP contribution in [-0.2, 0) is 11.8 Å². The number of hydrogen-bond donors (Lipinski definition) is 0. The topological polar surface area (TPSA) is 17.8 Å². The number of nitrogens with zero attached hydrogens (tertiary/aromatic N) is 2. The normalized spacial score (nSPS) is 16.8. The van der Waals surface area contributed by atoms with Crippen molar-refractivity contribution in [1.82, 2.24) is 9.55 Å². The van der Waals surface area contributed by atoms with E-state index in [0.717, 1.165) is 41.0 Å². The second-order valence-electron chi connectivity index (χ2n) is 13.8. The van der Waals surface area contributed by atoms with Crippen LogP contribution < -0.4 is 0 Å². The van der Waals surface area contributed by atoms with E-state index in [1.807, 2.05) is 0 Å². The number of benzene rings is 7. The van der Waals surface area contributed by atoms with Gasteiger partial charge < -0.3 is 0 Å². The van der Waals surface area contributed by atoms with Gasteiger partial charge >= 0.3 is 0 Å². The van der Waals surface area contributed by atoms with Gasteiger partial charge in [0, 0.05) is 11.3 Å². The third kappa shape index (κ3) is 3.65. The molecule has 0 spiro atoms. The predicted molar refractivity (Wildman–Crippen MR) is 207 cm³/mol. The Hall–Kier alpha value is -6.25. The Balaban J connectivity index is 1.28. The first-order chi connectivity index (χ1) is 24.8. The number of hydrogen-bond acceptors (Lipinski definition) is 1. The lowest BCUT2D eigenvalue weighted by Gasteiger charge is -2.37. The molecule has 0 saturated heterocycles. The van der Waals surface area contributed by atoms with Gasteiger partial charge in [0.2, 0.25) is 0 Å². The molecule has 0 amide bonds. The van der Waals surface area contributed by atoms with E-state index in [-0.39, 0.29) is 0 Å². The molecule has 234 valence electrons. The van der Waals surface area contributed by atoms with Crippen molar-refractivity contribution < 1.29 is 0 Å². The average molecular weight is 637 g/mol. The monoisotopic (exact) mass is 636 g/mol. The van der Waals surface area contributed by atoms with Crippen LogP contribution in [0.25, 0.3) is 61.7 Å². The summed E-state index contributed by atoms with van der Waals surface area (Å²) < 4.78 is 2.31. The Kier molecular flexibility index (Phi) is 5.74. The summed E-state index contributed by atoms with van der Waals surface area (Å²) in [6.45, 7) is 0. The van der Waals surface area contributed by atoms with E-state index in [1.165, 1.54) is 66.4 Å². The number of fused-ring (bicyclic) bond motifs is 4. The summed E-state index contributed by atoms with van der Waals surface area (Å²) in [7, 11) is 0. The Bertz CT molecular complexity index is 2750. The average Bonchev–Trinajstić information content (AvgIpc) is 3.72. The molecule has 8 aromatic rings. The van der Waals surface area contributed by atoms with Crippen molar-refractivity contribution in [2.24, 2.45) is 0 Å². The summed E-state index contributed by atoms with van der Waals surface area (Å²) in [4.78, 5) is 5.31. The molecule has 0 aliphatic heterocycles. The lowest BCUT2D eigenvalue weighted by molar-refractivity contribution is 0.776. The summed E-state index contributed by atoms with van der Waals surface area (Å²) in [6, 6.07) is 55.9. The van der Waals surface area contributed by atoms with Crippen LogP contribution in [0, 0.1) is 0 Å². The Morgan fingerprint density at radius 2 is 1.38 bits per heavy atom. The summed E-state index contributed by atoms with van der Waals surface area (Å²) in [5.74, 6) is 0.947. The van der Waals surface area contributed by atoms with Crippen molar-refractivity contribution in [3.8, 4) is 28.2 Å². The zero-order chi connectivity index (χ0) is 32.8. The zero-order valence-electron chi connectivity index (χ0n) is 27.5. The van der Waals surface area contributed by atoms with Gasteiger partial charge in [0.25, 0.3) is 0 Å². The summed E-state index contributed by atoms with van der Waals surface area (Å²) in [6.07, 6.45) is 9.12. The lowest BCUT2D eigenvalue weighted by Crippen LogP contribution is -2.29. The molecule has 7 aromatic carbocycles. The van der Waals surface area contributed by atoms with Crippen molar-refractivity contribution in [2.45, 2.75) is 18.3 Å². The molecule has 1 aromatic heterocycles. The molecule has 1 unspecified atom stereocenters. The van der Waals surface area contributed by atoms with E-state index in [4.69, 9.17) is 4.98 Å². The molecule has 2 nitrogen and oxygen atoms in total. The van der Waals surface area contributed by atoms with Crippen LogP contribution >= 0.6 is 0 Å². The van der Waals surface area contributed by atoms with Crippen LogP contribution in [0.15, 0.2) is 164 Å². The first-order valence-electron chi connectivity index (χ1n) is 17.6. The second kappa shape index (κ2) is 10.4. The highest BCUT2D eigenvalue weighted by atomic mass is 15.1. The number of imidazole rings is 1. The fraction of sp³-hybridized carbons (Fsp3) is 0.0625. The zero-order valence-corrected chi connectivity index (χ0v) is 27.5. The number of aromatic nitrogens is 2.